The van der Waals surface area contributed by atoms with Crippen molar-refractivity contribution in [3.63, 3.8) is 0 Å². The number of benzene rings is 1. The summed E-state index contributed by atoms with van der Waals surface area (Å²) in [5.41, 5.74) is 2.58. The van der Waals surface area contributed by atoms with Crippen LogP contribution >= 0.6 is 0 Å². The zero-order chi connectivity index (χ0) is 11.1. The van der Waals surface area contributed by atoms with Crippen LogP contribution in [0.4, 0.5) is 0 Å². The van der Waals surface area contributed by atoms with Crippen LogP contribution in [0, 0.1) is 0 Å². The first kappa shape index (κ1) is 10.2. The fraction of sp³-hybridized carbons (Fsp3) is 0.231. The molecule has 0 radical (unpaired) electrons. The highest BCUT2D eigenvalue weighted by molar-refractivity contribution is 6.75. The average Bonchev–Trinajstić information content (AvgIpc) is 2.55. The normalized spacial score (nSPS) is 11.9. The first-order valence-electron chi connectivity index (χ1n) is 5.27. The minimum Gasteiger partial charge on any atom is -0.374 e. The van der Waals surface area contributed by atoms with E-state index in [9.17, 15) is 0 Å². The molecule has 0 saturated carbocycles. The van der Waals surface area contributed by atoms with Crippen molar-refractivity contribution in [1.29, 1.82) is 0 Å². The molecule has 2 heteroatoms. The van der Waals surface area contributed by atoms with Crippen LogP contribution in [-0.2, 0) is 0 Å². The van der Waals surface area contributed by atoms with Gasteiger partial charge in [0, 0.05) is 17.1 Å². The molecule has 0 saturated heterocycles. The molecule has 0 bridgehead atoms. The van der Waals surface area contributed by atoms with Gasteiger partial charge in [0.1, 0.15) is 0 Å². The topological polar surface area (TPSA) is 4.93 Å². The Kier molecular flexibility index (Phi) is 2.31. The van der Waals surface area contributed by atoms with Crippen LogP contribution in [0.3, 0.4) is 0 Å². The molecule has 1 heterocycles. The minimum absolute atomic E-state index is 1.24. The number of rotatable bonds is 2. The number of nitrogens with zero attached hydrogens (tertiary/aromatic N) is 1. The van der Waals surface area contributed by atoms with Gasteiger partial charge in [-0.3, -0.25) is 0 Å². The van der Waals surface area contributed by atoms with Gasteiger partial charge in [-0.1, -0.05) is 50.5 Å². The summed E-state index contributed by atoms with van der Waals surface area (Å²) in [6.45, 7) is 10.9. The van der Waals surface area contributed by atoms with Crippen molar-refractivity contribution in [3.8, 4) is 0 Å². The highest BCUT2D eigenvalue weighted by Crippen LogP contribution is 2.25. The SMILES string of the molecule is C=Cc1cn([Si](C)(C)C)c2ccccc12. The van der Waals surface area contributed by atoms with Crippen molar-refractivity contribution in [2.75, 3.05) is 0 Å². The standard InChI is InChI=1S/C13H17NSi/c1-5-11-10-14(15(2,3)4)13-9-7-6-8-12(11)13/h5-10H,1H2,2-4H3. The Bertz CT molecular complexity index is 503. The lowest BCUT2D eigenvalue weighted by atomic mass is 10.2. The van der Waals surface area contributed by atoms with Crippen molar-refractivity contribution < 1.29 is 0 Å². The molecule has 1 aromatic carbocycles. The van der Waals surface area contributed by atoms with Gasteiger partial charge in [-0.05, 0) is 11.6 Å². The summed E-state index contributed by atoms with van der Waals surface area (Å²) in [6.07, 6.45) is 4.18. The monoisotopic (exact) mass is 215 g/mol. The van der Waals surface area contributed by atoms with E-state index in [4.69, 9.17) is 0 Å². The summed E-state index contributed by atoms with van der Waals surface area (Å²) in [5.74, 6) is 0. The number of aromatic nitrogens is 1. The minimum atomic E-state index is -1.32. The summed E-state index contributed by atoms with van der Waals surface area (Å²) in [7, 11) is -1.32. The van der Waals surface area contributed by atoms with E-state index in [1.165, 1.54) is 16.5 Å². The van der Waals surface area contributed by atoms with Gasteiger partial charge in [0.2, 0.25) is 0 Å². The maximum atomic E-state index is 3.88. The molecule has 0 amide bonds. The molecule has 0 atom stereocenters. The molecule has 0 aliphatic heterocycles. The quantitative estimate of drug-likeness (QED) is 0.668. The van der Waals surface area contributed by atoms with Gasteiger partial charge in [0.15, 0.2) is 8.24 Å². The second kappa shape index (κ2) is 3.38. The average molecular weight is 215 g/mol. The maximum absolute atomic E-state index is 3.88. The van der Waals surface area contributed by atoms with Crippen molar-refractivity contribution >= 4 is 25.2 Å². The van der Waals surface area contributed by atoms with Gasteiger partial charge in [-0.2, -0.15) is 0 Å². The highest BCUT2D eigenvalue weighted by atomic mass is 28.3. The molecule has 15 heavy (non-hydrogen) atoms. The van der Waals surface area contributed by atoms with Gasteiger partial charge in [-0.15, -0.1) is 0 Å². The Morgan fingerprint density at radius 1 is 1.20 bits per heavy atom. The van der Waals surface area contributed by atoms with E-state index in [-0.39, 0.29) is 0 Å². The molecule has 0 fully saturated rings. The first-order valence-corrected chi connectivity index (χ1v) is 8.72. The zero-order valence-corrected chi connectivity index (χ0v) is 10.6. The van der Waals surface area contributed by atoms with Crippen LogP contribution in [0.15, 0.2) is 37.0 Å². The second-order valence-corrected chi connectivity index (χ2v) is 9.67. The first-order chi connectivity index (χ1) is 7.04. The molecule has 1 nitrogen and oxygen atoms in total. The van der Waals surface area contributed by atoms with Gasteiger partial charge < -0.3 is 4.23 Å². The molecule has 0 aliphatic rings. The Morgan fingerprint density at radius 3 is 2.47 bits per heavy atom. The Morgan fingerprint density at radius 2 is 1.87 bits per heavy atom. The molecule has 0 spiro atoms. The van der Waals surface area contributed by atoms with Crippen LogP contribution < -0.4 is 0 Å². The van der Waals surface area contributed by atoms with Crippen LogP contribution in [0.25, 0.3) is 17.0 Å². The predicted octanol–water partition coefficient (Wildman–Crippen LogP) is 3.97. The van der Waals surface area contributed by atoms with Crippen molar-refractivity contribution in [2.45, 2.75) is 19.6 Å². The molecule has 2 rings (SSSR count). The lowest BCUT2D eigenvalue weighted by molar-refractivity contribution is 1.20. The van der Waals surface area contributed by atoms with Crippen molar-refractivity contribution in [3.05, 3.63) is 42.6 Å². The maximum Gasteiger partial charge on any atom is 0.152 e. The van der Waals surface area contributed by atoms with Crippen molar-refractivity contribution in [2.24, 2.45) is 0 Å². The molecular weight excluding hydrogens is 198 g/mol. The third-order valence-electron chi connectivity index (χ3n) is 2.69. The van der Waals surface area contributed by atoms with Crippen molar-refractivity contribution in [1.82, 2.24) is 4.23 Å². The molecule has 2 aromatic rings. The molecule has 1 aromatic heterocycles. The highest BCUT2D eigenvalue weighted by Gasteiger charge is 2.19. The van der Waals surface area contributed by atoms with E-state index in [1.807, 2.05) is 6.08 Å². The lowest BCUT2D eigenvalue weighted by Crippen LogP contribution is -2.30. The summed E-state index contributed by atoms with van der Waals surface area (Å²) >= 11 is 0. The molecule has 0 aliphatic carbocycles. The second-order valence-electron chi connectivity index (χ2n) is 4.85. The smallest absolute Gasteiger partial charge is 0.152 e. The van der Waals surface area contributed by atoms with Crippen LogP contribution in [0.2, 0.25) is 19.6 Å². The summed E-state index contributed by atoms with van der Waals surface area (Å²) < 4.78 is 2.44. The van der Waals surface area contributed by atoms with Crippen LogP contribution in [0.5, 0.6) is 0 Å². The third kappa shape index (κ3) is 1.65. The summed E-state index contributed by atoms with van der Waals surface area (Å²) in [6, 6.07) is 8.55. The van der Waals surface area contributed by atoms with E-state index < -0.39 is 8.24 Å². The van der Waals surface area contributed by atoms with Gasteiger partial charge in [-0.25, -0.2) is 0 Å². The van der Waals surface area contributed by atoms with Crippen LogP contribution in [0.1, 0.15) is 5.56 Å². The fourth-order valence-electron chi connectivity index (χ4n) is 1.92. The molecule has 0 unspecified atom stereocenters. The number of hydrogen-bond acceptors (Lipinski definition) is 0. The van der Waals surface area contributed by atoms with Gasteiger partial charge in [0.25, 0.3) is 0 Å². The zero-order valence-electron chi connectivity index (χ0n) is 9.62. The van der Waals surface area contributed by atoms with Gasteiger partial charge in [0.05, 0.1) is 0 Å². The third-order valence-corrected chi connectivity index (χ3v) is 4.50. The number of hydrogen-bond donors (Lipinski definition) is 0. The number of para-hydroxylation sites is 1. The predicted molar refractivity (Wildman–Crippen MR) is 70.8 cm³/mol. The Labute approximate surface area is 92.1 Å². The molecular formula is C13H17NSi. The van der Waals surface area contributed by atoms with E-state index in [0.717, 1.165) is 0 Å². The number of fused-ring (bicyclic) bond motifs is 1. The molecule has 78 valence electrons. The fourth-order valence-corrected chi connectivity index (χ4v) is 3.37. The molecule has 0 N–H and O–H groups in total. The Balaban J connectivity index is 2.82. The Hall–Kier alpha value is -1.28. The van der Waals surface area contributed by atoms with E-state index in [0.29, 0.717) is 0 Å². The van der Waals surface area contributed by atoms with Crippen LogP contribution in [-0.4, -0.2) is 12.5 Å². The largest absolute Gasteiger partial charge is 0.374 e. The van der Waals surface area contributed by atoms with E-state index in [1.54, 1.807) is 0 Å². The van der Waals surface area contributed by atoms with Gasteiger partial charge >= 0.3 is 0 Å². The van der Waals surface area contributed by atoms with E-state index in [2.05, 4.69) is 60.9 Å². The summed E-state index contributed by atoms with van der Waals surface area (Å²) in [5, 5.41) is 1.31. The summed E-state index contributed by atoms with van der Waals surface area (Å²) in [4.78, 5) is 0. The lowest BCUT2D eigenvalue weighted by Gasteiger charge is -2.19. The van der Waals surface area contributed by atoms with E-state index >= 15 is 0 Å².